The number of carbonyl (C=O) groups is 2. The van der Waals surface area contributed by atoms with Crippen molar-refractivity contribution in [1.29, 1.82) is 0 Å². The third kappa shape index (κ3) is 2.31. The van der Waals surface area contributed by atoms with E-state index in [4.69, 9.17) is 14.2 Å². The molecule has 21 heavy (non-hydrogen) atoms. The largest absolute Gasteiger partial charge is 0.467 e. The van der Waals surface area contributed by atoms with Crippen LogP contribution in [0.5, 0.6) is 0 Å². The van der Waals surface area contributed by atoms with Crippen LogP contribution in [0.1, 0.15) is 18.4 Å². The minimum Gasteiger partial charge on any atom is -0.467 e. The molecule has 1 saturated carbocycles. The van der Waals surface area contributed by atoms with Crippen molar-refractivity contribution in [2.24, 2.45) is 11.8 Å². The van der Waals surface area contributed by atoms with Gasteiger partial charge in [-0.05, 0) is 12.5 Å². The van der Waals surface area contributed by atoms with Gasteiger partial charge in [0.05, 0.1) is 25.7 Å². The van der Waals surface area contributed by atoms with Gasteiger partial charge in [0.2, 0.25) is 0 Å². The Morgan fingerprint density at radius 2 is 1.90 bits per heavy atom. The summed E-state index contributed by atoms with van der Waals surface area (Å²) < 4.78 is 15.7. The van der Waals surface area contributed by atoms with Crippen molar-refractivity contribution < 1.29 is 23.8 Å². The molecule has 1 aromatic rings. The first kappa shape index (κ1) is 14.1. The summed E-state index contributed by atoms with van der Waals surface area (Å²) in [5.74, 6) is -1.06. The lowest BCUT2D eigenvalue weighted by molar-refractivity contribution is -0.158. The first-order valence-electron chi connectivity index (χ1n) is 7.14. The van der Waals surface area contributed by atoms with Crippen molar-refractivity contribution in [3.63, 3.8) is 0 Å². The number of hydrogen-bond acceptors (Lipinski definition) is 5. The van der Waals surface area contributed by atoms with E-state index < -0.39 is 12.1 Å². The van der Waals surface area contributed by atoms with Gasteiger partial charge in [0.15, 0.2) is 6.10 Å². The molecule has 0 unspecified atom stereocenters. The summed E-state index contributed by atoms with van der Waals surface area (Å²) in [6.45, 7) is 2.13. The molecule has 0 bridgehead atoms. The highest BCUT2D eigenvalue weighted by Crippen LogP contribution is 2.59. The number of carbonyl (C=O) groups excluding carboxylic acids is 2. The quantitative estimate of drug-likeness (QED) is 0.787. The topological polar surface area (TPSA) is 61.8 Å². The smallest absolute Gasteiger partial charge is 0.335 e. The Bertz CT molecular complexity index is 541. The SMILES string of the molecule is CCOC(=O)[C@@H]1[C@H]2O[C@@H](C(=O)OC)[C@@H](c3ccccc3)[C@H]21. The highest BCUT2D eigenvalue weighted by Gasteiger charge is 2.69. The molecule has 5 nitrogen and oxygen atoms in total. The monoisotopic (exact) mass is 290 g/mol. The van der Waals surface area contributed by atoms with Crippen LogP contribution in [-0.2, 0) is 23.8 Å². The molecule has 3 rings (SSSR count). The molecule has 1 aliphatic carbocycles. The van der Waals surface area contributed by atoms with Crippen LogP contribution < -0.4 is 0 Å². The number of hydrogen-bond donors (Lipinski definition) is 0. The van der Waals surface area contributed by atoms with E-state index in [1.807, 2.05) is 30.3 Å². The number of fused-ring (bicyclic) bond motifs is 1. The second-order valence-electron chi connectivity index (χ2n) is 5.34. The Morgan fingerprint density at radius 1 is 1.19 bits per heavy atom. The summed E-state index contributed by atoms with van der Waals surface area (Å²) in [7, 11) is 1.35. The van der Waals surface area contributed by atoms with Gasteiger partial charge in [0.1, 0.15) is 0 Å². The fraction of sp³-hybridized carbons (Fsp3) is 0.500. The Morgan fingerprint density at radius 3 is 2.52 bits per heavy atom. The van der Waals surface area contributed by atoms with Crippen molar-refractivity contribution >= 4 is 11.9 Å². The average Bonchev–Trinajstić information content (AvgIpc) is 3.08. The van der Waals surface area contributed by atoms with Crippen molar-refractivity contribution in [3.05, 3.63) is 35.9 Å². The van der Waals surface area contributed by atoms with E-state index in [0.29, 0.717) is 6.61 Å². The Hall–Kier alpha value is -1.88. The van der Waals surface area contributed by atoms with Crippen LogP contribution in [0, 0.1) is 11.8 Å². The summed E-state index contributed by atoms with van der Waals surface area (Å²) in [6.07, 6.45) is -0.878. The van der Waals surface area contributed by atoms with Crippen LogP contribution in [0.4, 0.5) is 0 Å². The van der Waals surface area contributed by atoms with Crippen LogP contribution in [-0.4, -0.2) is 37.9 Å². The standard InChI is InChI=1S/C16H18O5/c1-3-20-15(17)12-11-10(9-7-5-4-6-8-9)14(16(18)19-2)21-13(11)12/h4-8,10-14H,3H2,1-2H3/t10-,11-,12-,13-,14+/m0/s1. The molecular formula is C16H18O5. The van der Waals surface area contributed by atoms with E-state index in [0.717, 1.165) is 5.56 Å². The number of benzene rings is 1. The second kappa shape index (κ2) is 5.48. The maximum Gasteiger partial charge on any atom is 0.335 e. The van der Waals surface area contributed by atoms with E-state index in [1.165, 1.54) is 7.11 Å². The molecule has 0 aromatic heterocycles. The van der Waals surface area contributed by atoms with Crippen LogP contribution >= 0.6 is 0 Å². The lowest BCUT2D eigenvalue weighted by Gasteiger charge is -2.21. The van der Waals surface area contributed by atoms with Gasteiger partial charge in [-0.1, -0.05) is 30.3 Å². The van der Waals surface area contributed by atoms with Gasteiger partial charge < -0.3 is 14.2 Å². The van der Waals surface area contributed by atoms with Crippen molar-refractivity contribution in [3.8, 4) is 0 Å². The molecule has 5 atom stereocenters. The molecule has 1 aliphatic heterocycles. The van der Waals surface area contributed by atoms with Crippen molar-refractivity contribution in [1.82, 2.24) is 0 Å². The minimum absolute atomic E-state index is 0.00412. The maximum atomic E-state index is 11.9. The molecule has 0 radical (unpaired) electrons. The lowest BCUT2D eigenvalue weighted by Crippen LogP contribution is -2.32. The zero-order valence-electron chi connectivity index (χ0n) is 12.0. The molecule has 0 amide bonds. The van der Waals surface area contributed by atoms with Gasteiger partial charge in [-0.3, -0.25) is 4.79 Å². The summed E-state index contributed by atoms with van der Waals surface area (Å²) in [5, 5.41) is 0. The fourth-order valence-corrected chi connectivity index (χ4v) is 3.28. The zero-order valence-corrected chi connectivity index (χ0v) is 12.0. The van der Waals surface area contributed by atoms with Crippen LogP contribution in [0.25, 0.3) is 0 Å². The third-order valence-electron chi connectivity index (χ3n) is 4.23. The van der Waals surface area contributed by atoms with Crippen molar-refractivity contribution in [2.45, 2.75) is 25.0 Å². The summed E-state index contributed by atoms with van der Waals surface area (Å²) in [4.78, 5) is 23.8. The highest BCUT2D eigenvalue weighted by molar-refractivity contribution is 5.81. The lowest BCUT2D eigenvalue weighted by atomic mass is 9.88. The first-order chi connectivity index (χ1) is 10.2. The predicted octanol–water partition coefficient (Wildman–Crippen LogP) is 1.52. The molecule has 1 aromatic carbocycles. The molecule has 0 spiro atoms. The van der Waals surface area contributed by atoms with Crippen LogP contribution in [0.2, 0.25) is 0 Å². The molecule has 5 heteroatoms. The Balaban J connectivity index is 1.84. The predicted molar refractivity (Wildman–Crippen MR) is 73.5 cm³/mol. The maximum absolute atomic E-state index is 11.9. The van der Waals surface area contributed by atoms with Gasteiger partial charge in [0.25, 0.3) is 0 Å². The van der Waals surface area contributed by atoms with Gasteiger partial charge in [0, 0.05) is 11.8 Å². The van der Waals surface area contributed by atoms with Gasteiger partial charge >= 0.3 is 11.9 Å². The molecule has 1 heterocycles. The highest BCUT2D eigenvalue weighted by atomic mass is 16.6. The summed E-state index contributed by atoms with van der Waals surface area (Å²) in [6, 6.07) is 9.65. The average molecular weight is 290 g/mol. The normalized spacial score (nSPS) is 33.1. The number of methoxy groups -OCH3 is 1. The minimum atomic E-state index is -0.641. The Kier molecular flexibility index (Phi) is 3.68. The van der Waals surface area contributed by atoms with Crippen molar-refractivity contribution in [2.75, 3.05) is 13.7 Å². The number of ether oxygens (including phenoxy) is 3. The van der Waals surface area contributed by atoms with E-state index >= 15 is 0 Å². The first-order valence-corrected chi connectivity index (χ1v) is 7.14. The summed E-state index contributed by atoms with van der Waals surface area (Å²) in [5.41, 5.74) is 0.993. The molecule has 1 saturated heterocycles. The second-order valence-corrected chi connectivity index (χ2v) is 5.34. The number of esters is 2. The molecule has 2 aliphatic rings. The Labute approximate surface area is 123 Å². The van der Waals surface area contributed by atoms with Gasteiger partial charge in [-0.15, -0.1) is 0 Å². The molecular weight excluding hydrogens is 272 g/mol. The van der Waals surface area contributed by atoms with E-state index in [1.54, 1.807) is 6.92 Å². The fourth-order valence-electron chi connectivity index (χ4n) is 3.28. The third-order valence-corrected chi connectivity index (χ3v) is 4.23. The number of rotatable bonds is 4. The van der Waals surface area contributed by atoms with Gasteiger partial charge in [-0.25, -0.2) is 4.79 Å². The summed E-state index contributed by atoms with van der Waals surface area (Å²) >= 11 is 0. The van der Waals surface area contributed by atoms with E-state index in [2.05, 4.69) is 0 Å². The molecule has 112 valence electrons. The van der Waals surface area contributed by atoms with E-state index in [-0.39, 0.29) is 29.8 Å². The molecule has 0 N–H and O–H groups in total. The van der Waals surface area contributed by atoms with Crippen LogP contribution in [0.15, 0.2) is 30.3 Å². The zero-order chi connectivity index (χ0) is 15.0. The van der Waals surface area contributed by atoms with Gasteiger partial charge in [-0.2, -0.15) is 0 Å². The molecule has 2 fully saturated rings. The van der Waals surface area contributed by atoms with E-state index in [9.17, 15) is 9.59 Å². The van der Waals surface area contributed by atoms with Crippen LogP contribution in [0.3, 0.4) is 0 Å².